The zero-order valence-corrected chi connectivity index (χ0v) is 33.4. The summed E-state index contributed by atoms with van der Waals surface area (Å²) < 4.78 is 43.8. The fourth-order valence-electron chi connectivity index (χ4n) is 6.52. The highest BCUT2D eigenvalue weighted by Gasteiger charge is 2.45. The number of aromatic nitrogens is 3. The largest absolute Gasteiger partial charge is 0.444 e. The van der Waals surface area contributed by atoms with Crippen LogP contribution in [-0.2, 0) is 31.8 Å². The van der Waals surface area contributed by atoms with E-state index < -0.39 is 35.3 Å². The molecule has 0 aliphatic heterocycles. The van der Waals surface area contributed by atoms with E-state index in [1.54, 1.807) is 61.8 Å². The predicted octanol–water partition coefficient (Wildman–Crippen LogP) is 8.47. The lowest BCUT2D eigenvalue weighted by Gasteiger charge is -2.41. The van der Waals surface area contributed by atoms with Crippen molar-refractivity contribution in [2.24, 2.45) is 0 Å². The molecule has 0 radical (unpaired) electrons. The Bertz CT molecular complexity index is 2270. The highest BCUT2D eigenvalue weighted by atomic mass is 32.2. The number of aryl methyl sites for hydroxylation is 3. The van der Waals surface area contributed by atoms with Crippen LogP contribution in [0.1, 0.15) is 61.3 Å². The summed E-state index contributed by atoms with van der Waals surface area (Å²) in [6, 6.07) is 19.0. The fraction of sp³-hybridized carbons (Fsp3) is 0.410. The number of fused-ring (bicyclic) bond motifs is 2. The van der Waals surface area contributed by atoms with E-state index in [1.165, 1.54) is 8.87 Å². The van der Waals surface area contributed by atoms with Crippen molar-refractivity contribution in [3.8, 4) is 6.07 Å². The lowest BCUT2D eigenvalue weighted by molar-refractivity contribution is 0.0103. The van der Waals surface area contributed by atoms with Gasteiger partial charge in [-0.1, -0.05) is 43.4 Å². The first kappa shape index (κ1) is 37.8. The minimum atomic E-state index is -3.98. The molecule has 1 unspecified atom stereocenters. The number of nitriles is 1. The predicted molar refractivity (Wildman–Crippen MR) is 204 cm³/mol. The zero-order valence-electron chi connectivity index (χ0n) is 31.6. The second kappa shape index (κ2) is 13.6. The summed E-state index contributed by atoms with van der Waals surface area (Å²) in [4.78, 5) is 21.0. The van der Waals surface area contributed by atoms with Gasteiger partial charge in [0.15, 0.2) is 0 Å². The maximum absolute atomic E-state index is 14.2. The summed E-state index contributed by atoms with van der Waals surface area (Å²) >= 11 is 0. The van der Waals surface area contributed by atoms with Crippen LogP contribution in [0.5, 0.6) is 0 Å². The molecule has 5 rings (SSSR count). The molecule has 0 aliphatic rings. The number of benzene rings is 3. The second-order valence-electron chi connectivity index (χ2n) is 15.7. The molecule has 0 saturated heterocycles. The Morgan fingerprint density at radius 1 is 0.980 bits per heavy atom. The van der Waals surface area contributed by atoms with E-state index in [0.29, 0.717) is 45.5 Å². The molecule has 2 heterocycles. The minimum absolute atomic E-state index is 0.125. The number of nitrogens with zero attached hydrogens (tertiary/aromatic N) is 5. The van der Waals surface area contributed by atoms with Crippen LogP contribution in [0, 0.1) is 32.1 Å². The maximum atomic E-state index is 14.2. The summed E-state index contributed by atoms with van der Waals surface area (Å²) in [6.07, 6.45) is 0.992. The number of hydrogen-bond donors (Lipinski definition) is 0. The molecule has 12 heteroatoms. The van der Waals surface area contributed by atoms with E-state index >= 15 is 0 Å². The van der Waals surface area contributed by atoms with Crippen molar-refractivity contribution in [2.75, 3.05) is 13.7 Å². The SMILES string of the molecule is Cc1ccc(S(=O)(=O)n2ccc3c(C(C)(c4nc5ccc(C#N)cc5n4COCC[Si](C)(C)C)N(C)C(=O)OC(C)(C)C)c(C)cc(C)c32)cc1. The van der Waals surface area contributed by atoms with Crippen molar-refractivity contribution < 1.29 is 22.7 Å². The Hall–Kier alpha value is -4.44. The van der Waals surface area contributed by atoms with Crippen molar-refractivity contribution in [3.05, 3.63) is 94.4 Å². The normalized spacial score (nSPS) is 13.7. The van der Waals surface area contributed by atoms with E-state index in [0.717, 1.165) is 22.7 Å². The molecule has 0 saturated carbocycles. The maximum Gasteiger partial charge on any atom is 0.411 e. The molecule has 2 aromatic heterocycles. The van der Waals surface area contributed by atoms with Crippen LogP contribution in [0.3, 0.4) is 0 Å². The number of carbonyl (C=O) groups excluding carboxylic acids is 1. The molecule has 1 atom stereocenters. The van der Waals surface area contributed by atoms with Gasteiger partial charge in [0.1, 0.15) is 23.7 Å². The molecule has 0 aliphatic carbocycles. The highest BCUT2D eigenvalue weighted by molar-refractivity contribution is 7.90. The Balaban J connectivity index is 1.83. The zero-order chi connectivity index (χ0) is 37.7. The molecule has 10 nitrogen and oxygen atoms in total. The van der Waals surface area contributed by atoms with Crippen LogP contribution in [0.25, 0.3) is 21.9 Å². The molecule has 3 aromatic carbocycles. The molecule has 0 N–H and O–H groups in total. The Morgan fingerprint density at radius 2 is 1.65 bits per heavy atom. The van der Waals surface area contributed by atoms with E-state index in [2.05, 4.69) is 25.7 Å². The summed E-state index contributed by atoms with van der Waals surface area (Å²) in [7, 11) is -3.71. The Labute approximate surface area is 302 Å². The van der Waals surface area contributed by atoms with Gasteiger partial charge in [0, 0.05) is 33.3 Å². The van der Waals surface area contributed by atoms with Crippen molar-refractivity contribution >= 4 is 46.1 Å². The summed E-state index contributed by atoms with van der Waals surface area (Å²) in [5.41, 5.74) is 3.39. The van der Waals surface area contributed by atoms with E-state index in [1.807, 2.05) is 59.1 Å². The number of imidazole rings is 1. The van der Waals surface area contributed by atoms with Gasteiger partial charge in [0.25, 0.3) is 10.0 Å². The van der Waals surface area contributed by atoms with E-state index in [9.17, 15) is 18.5 Å². The third kappa shape index (κ3) is 7.33. The lowest BCUT2D eigenvalue weighted by atomic mass is 9.83. The van der Waals surface area contributed by atoms with E-state index in [4.69, 9.17) is 14.5 Å². The molecule has 51 heavy (non-hydrogen) atoms. The van der Waals surface area contributed by atoms with Gasteiger partial charge in [-0.3, -0.25) is 4.90 Å². The molecule has 270 valence electrons. The molecule has 5 aromatic rings. The fourth-order valence-corrected chi connectivity index (χ4v) is 8.69. The van der Waals surface area contributed by atoms with Crippen molar-refractivity contribution in [1.29, 1.82) is 5.26 Å². The number of carbonyl (C=O) groups is 1. The van der Waals surface area contributed by atoms with Crippen LogP contribution < -0.4 is 0 Å². The number of ether oxygens (including phenoxy) is 2. The monoisotopic (exact) mass is 727 g/mol. The molecule has 1 amide bonds. The quantitative estimate of drug-likeness (QED) is 0.105. The molecular weight excluding hydrogens is 679 g/mol. The van der Waals surface area contributed by atoms with Gasteiger partial charge >= 0.3 is 6.09 Å². The van der Waals surface area contributed by atoms with Crippen LogP contribution in [-0.4, -0.2) is 60.3 Å². The van der Waals surface area contributed by atoms with Crippen LogP contribution in [0.15, 0.2) is 65.7 Å². The number of rotatable bonds is 10. The topological polar surface area (TPSA) is 119 Å². The van der Waals surface area contributed by atoms with Crippen molar-refractivity contribution in [2.45, 2.75) is 96.9 Å². The van der Waals surface area contributed by atoms with Crippen LogP contribution in [0.2, 0.25) is 25.7 Å². The van der Waals surface area contributed by atoms with Crippen LogP contribution >= 0.6 is 0 Å². The summed E-state index contributed by atoms with van der Waals surface area (Å²) in [5, 5.41) is 10.5. The first-order chi connectivity index (χ1) is 23.7. The smallest absolute Gasteiger partial charge is 0.411 e. The number of hydrogen-bond acceptors (Lipinski definition) is 7. The molecular formula is C39H49N5O5SSi. The third-order valence-electron chi connectivity index (χ3n) is 9.25. The molecule has 0 bridgehead atoms. The highest BCUT2D eigenvalue weighted by Crippen LogP contribution is 2.44. The van der Waals surface area contributed by atoms with Crippen LogP contribution in [0.4, 0.5) is 4.79 Å². The minimum Gasteiger partial charge on any atom is -0.444 e. The van der Waals surface area contributed by atoms with Gasteiger partial charge in [-0.15, -0.1) is 0 Å². The molecule has 0 fully saturated rings. The van der Waals surface area contributed by atoms with E-state index in [-0.39, 0.29) is 11.6 Å². The van der Waals surface area contributed by atoms with Crippen molar-refractivity contribution in [3.63, 3.8) is 0 Å². The average molecular weight is 728 g/mol. The molecule has 0 spiro atoms. The van der Waals surface area contributed by atoms with Gasteiger partial charge in [-0.05, 0) is 108 Å². The standard InChI is InChI=1S/C39H49N5O5SSi/c1-26-12-15-30(16-13-26)50(46,47)44-19-18-31-34(27(2)22-28(3)35(31)44)39(7,42(8)37(45)49-38(4,5)6)36-41-32-17-14-29(24-40)23-33(32)43(36)25-48-20-21-51(9,10)11/h12-19,22-23H,20-21,25H2,1-11H3. The van der Waals surface area contributed by atoms with Gasteiger partial charge in [0.2, 0.25) is 0 Å². The second-order valence-corrected chi connectivity index (χ2v) is 23.2. The van der Waals surface area contributed by atoms with Gasteiger partial charge in [-0.2, -0.15) is 5.26 Å². The lowest BCUT2D eigenvalue weighted by Crippen LogP contribution is -2.49. The van der Waals surface area contributed by atoms with Gasteiger partial charge in [-0.25, -0.2) is 22.2 Å². The number of amides is 1. The first-order valence-corrected chi connectivity index (χ1v) is 22.2. The summed E-state index contributed by atoms with van der Waals surface area (Å²) in [6.45, 7) is 20.6. The Kier molecular flexibility index (Phi) is 10.1. The summed E-state index contributed by atoms with van der Waals surface area (Å²) in [5.74, 6) is 0.483. The van der Waals surface area contributed by atoms with Gasteiger partial charge < -0.3 is 14.0 Å². The Morgan fingerprint density at radius 3 is 2.25 bits per heavy atom. The third-order valence-corrected chi connectivity index (χ3v) is 12.6. The van der Waals surface area contributed by atoms with Crippen molar-refractivity contribution in [1.82, 2.24) is 18.4 Å². The first-order valence-electron chi connectivity index (χ1n) is 17.1. The average Bonchev–Trinajstić information content (AvgIpc) is 3.64. The van der Waals surface area contributed by atoms with Gasteiger partial charge in [0.05, 0.1) is 33.1 Å².